The molecular weight excluding hydrogens is 288 g/mol. The van der Waals surface area contributed by atoms with Crippen molar-refractivity contribution in [2.24, 2.45) is 0 Å². The van der Waals surface area contributed by atoms with Gasteiger partial charge < -0.3 is 10.2 Å². The molecule has 0 aliphatic carbocycles. The molecule has 0 saturated heterocycles. The molecule has 2 rings (SSSR count). The van der Waals surface area contributed by atoms with Gasteiger partial charge in [-0.25, -0.2) is 0 Å². The van der Waals surface area contributed by atoms with E-state index in [0.717, 1.165) is 23.2 Å². The van der Waals surface area contributed by atoms with E-state index in [-0.39, 0.29) is 0 Å². The summed E-state index contributed by atoms with van der Waals surface area (Å²) in [5.74, 6) is 0. The summed E-state index contributed by atoms with van der Waals surface area (Å²) in [6.45, 7) is 1.87. The Morgan fingerprint density at radius 2 is 1.67 bits per heavy atom. The fourth-order valence-electron chi connectivity index (χ4n) is 1.77. The molecule has 3 heteroatoms. The van der Waals surface area contributed by atoms with Crippen LogP contribution in [0, 0.1) is 0 Å². The lowest BCUT2D eigenvalue weighted by Crippen LogP contribution is -2.24. The summed E-state index contributed by atoms with van der Waals surface area (Å²) in [5.41, 5.74) is 2.38. The second kappa shape index (κ2) is 6.45. The standard InChI is InChI=1S/C15H17BrN2/c1-18(13-7-3-2-4-8-13)12-11-17-15-10-6-5-9-14(15)16/h2-10,17H,11-12H2,1H3. The monoisotopic (exact) mass is 304 g/mol. The van der Waals surface area contributed by atoms with Crippen molar-refractivity contribution in [1.29, 1.82) is 0 Å². The Morgan fingerprint density at radius 3 is 2.39 bits per heavy atom. The second-order valence-electron chi connectivity index (χ2n) is 4.16. The minimum Gasteiger partial charge on any atom is -0.382 e. The van der Waals surface area contributed by atoms with Crippen LogP contribution in [0.15, 0.2) is 59.1 Å². The molecule has 2 aromatic carbocycles. The number of hydrogen-bond acceptors (Lipinski definition) is 2. The Morgan fingerprint density at radius 1 is 1.00 bits per heavy atom. The van der Waals surface area contributed by atoms with Gasteiger partial charge in [0.25, 0.3) is 0 Å². The lowest BCUT2D eigenvalue weighted by atomic mass is 10.3. The summed E-state index contributed by atoms with van der Waals surface area (Å²) >= 11 is 3.53. The van der Waals surface area contributed by atoms with E-state index in [2.05, 4.69) is 63.5 Å². The summed E-state index contributed by atoms with van der Waals surface area (Å²) in [6, 6.07) is 18.6. The molecule has 0 spiro atoms. The molecule has 0 bridgehead atoms. The number of benzene rings is 2. The molecule has 18 heavy (non-hydrogen) atoms. The largest absolute Gasteiger partial charge is 0.382 e. The highest BCUT2D eigenvalue weighted by Gasteiger charge is 2.00. The van der Waals surface area contributed by atoms with Crippen LogP contribution in [0.1, 0.15) is 0 Å². The third-order valence-electron chi connectivity index (χ3n) is 2.83. The molecule has 0 atom stereocenters. The summed E-state index contributed by atoms with van der Waals surface area (Å²) < 4.78 is 1.10. The van der Waals surface area contributed by atoms with Gasteiger partial charge in [0.15, 0.2) is 0 Å². The van der Waals surface area contributed by atoms with E-state index in [9.17, 15) is 0 Å². The van der Waals surface area contributed by atoms with E-state index < -0.39 is 0 Å². The number of halogens is 1. The maximum absolute atomic E-state index is 3.53. The summed E-state index contributed by atoms with van der Waals surface area (Å²) in [6.07, 6.45) is 0. The zero-order valence-electron chi connectivity index (χ0n) is 10.4. The Hall–Kier alpha value is -1.48. The van der Waals surface area contributed by atoms with Crippen molar-refractivity contribution in [1.82, 2.24) is 0 Å². The molecule has 0 aromatic heterocycles. The average Bonchev–Trinajstić information content (AvgIpc) is 2.42. The first-order valence-electron chi connectivity index (χ1n) is 6.02. The molecule has 0 amide bonds. The fourth-order valence-corrected chi connectivity index (χ4v) is 2.20. The highest BCUT2D eigenvalue weighted by molar-refractivity contribution is 9.10. The number of rotatable bonds is 5. The Balaban J connectivity index is 1.84. The number of anilines is 2. The summed E-state index contributed by atoms with van der Waals surface area (Å²) in [4.78, 5) is 2.24. The van der Waals surface area contributed by atoms with Crippen LogP contribution in [0.4, 0.5) is 11.4 Å². The quantitative estimate of drug-likeness (QED) is 0.898. The van der Waals surface area contributed by atoms with E-state index in [1.807, 2.05) is 24.3 Å². The van der Waals surface area contributed by atoms with E-state index in [1.54, 1.807) is 0 Å². The molecule has 0 unspecified atom stereocenters. The summed E-state index contributed by atoms with van der Waals surface area (Å²) in [5, 5.41) is 3.43. The zero-order chi connectivity index (χ0) is 12.8. The minimum absolute atomic E-state index is 0.911. The first kappa shape index (κ1) is 13.0. The molecule has 0 radical (unpaired) electrons. The first-order valence-corrected chi connectivity index (χ1v) is 6.81. The minimum atomic E-state index is 0.911. The molecule has 1 N–H and O–H groups in total. The number of nitrogens with zero attached hydrogens (tertiary/aromatic N) is 1. The van der Waals surface area contributed by atoms with Gasteiger partial charge >= 0.3 is 0 Å². The highest BCUT2D eigenvalue weighted by Crippen LogP contribution is 2.20. The van der Waals surface area contributed by atoms with Crippen LogP contribution in [0.2, 0.25) is 0 Å². The van der Waals surface area contributed by atoms with Crippen molar-refractivity contribution in [3.63, 3.8) is 0 Å². The lowest BCUT2D eigenvalue weighted by molar-refractivity contribution is 0.914. The van der Waals surface area contributed by atoms with Gasteiger partial charge in [-0.15, -0.1) is 0 Å². The van der Waals surface area contributed by atoms with Gasteiger partial charge in [-0.3, -0.25) is 0 Å². The van der Waals surface area contributed by atoms with E-state index in [4.69, 9.17) is 0 Å². The van der Waals surface area contributed by atoms with E-state index >= 15 is 0 Å². The lowest BCUT2D eigenvalue weighted by Gasteiger charge is -2.20. The third-order valence-corrected chi connectivity index (χ3v) is 3.52. The second-order valence-corrected chi connectivity index (χ2v) is 5.02. The number of hydrogen-bond donors (Lipinski definition) is 1. The maximum Gasteiger partial charge on any atom is 0.0485 e. The molecule has 0 saturated carbocycles. The molecule has 94 valence electrons. The van der Waals surface area contributed by atoms with Crippen LogP contribution in [0.5, 0.6) is 0 Å². The Kier molecular flexibility index (Phi) is 4.65. The number of likely N-dealkylation sites (N-methyl/N-ethyl adjacent to an activating group) is 1. The molecular formula is C15H17BrN2. The van der Waals surface area contributed by atoms with Crippen LogP contribution in [0.25, 0.3) is 0 Å². The van der Waals surface area contributed by atoms with Crippen LogP contribution in [-0.2, 0) is 0 Å². The van der Waals surface area contributed by atoms with Gasteiger partial charge in [-0.1, -0.05) is 30.3 Å². The predicted molar refractivity (Wildman–Crippen MR) is 82.3 cm³/mol. The Bertz CT molecular complexity index is 485. The smallest absolute Gasteiger partial charge is 0.0485 e. The van der Waals surface area contributed by atoms with Gasteiger partial charge in [0, 0.05) is 36.0 Å². The van der Waals surface area contributed by atoms with Gasteiger partial charge in [-0.05, 0) is 40.2 Å². The van der Waals surface area contributed by atoms with Crippen molar-refractivity contribution in [2.75, 3.05) is 30.4 Å². The molecule has 2 nitrogen and oxygen atoms in total. The van der Waals surface area contributed by atoms with E-state index in [0.29, 0.717) is 0 Å². The fraction of sp³-hybridized carbons (Fsp3) is 0.200. The third kappa shape index (κ3) is 3.50. The van der Waals surface area contributed by atoms with Crippen LogP contribution in [0.3, 0.4) is 0 Å². The Labute approximate surface area is 117 Å². The molecule has 0 aliphatic heterocycles. The van der Waals surface area contributed by atoms with Crippen molar-refractivity contribution in [3.8, 4) is 0 Å². The SMILES string of the molecule is CN(CCNc1ccccc1Br)c1ccccc1. The molecule has 0 heterocycles. The van der Waals surface area contributed by atoms with Gasteiger partial charge in [-0.2, -0.15) is 0 Å². The molecule has 0 fully saturated rings. The van der Waals surface area contributed by atoms with Crippen molar-refractivity contribution >= 4 is 27.3 Å². The van der Waals surface area contributed by atoms with Crippen LogP contribution < -0.4 is 10.2 Å². The average molecular weight is 305 g/mol. The first-order chi connectivity index (χ1) is 8.77. The van der Waals surface area contributed by atoms with E-state index in [1.165, 1.54) is 5.69 Å². The number of nitrogens with one attached hydrogen (secondary N) is 1. The van der Waals surface area contributed by atoms with Crippen molar-refractivity contribution < 1.29 is 0 Å². The highest BCUT2D eigenvalue weighted by atomic mass is 79.9. The van der Waals surface area contributed by atoms with Crippen LogP contribution >= 0.6 is 15.9 Å². The van der Waals surface area contributed by atoms with Gasteiger partial charge in [0.1, 0.15) is 0 Å². The van der Waals surface area contributed by atoms with Crippen molar-refractivity contribution in [3.05, 3.63) is 59.1 Å². The van der Waals surface area contributed by atoms with Gasteiger partial charge in [0.05, 0.1) is 0 Å². The summed E-state index contributed by atoms with van der Waals surface area (Å²) in [7, 11) is 2.11. The normalized spacial score (nSPS) is 10.1. The number of para-hydroxylation sites is 2. The molecule has 0 aliphatic rings. The zero-order valence-corrected chi connectivity index (χ0v) is 12.0. The maximum atomic E-state index is 3.53. The van der Waals surface area contributed by atoms with Gasteiger partial charge in [0.2, 0.25) is 0 Å². The topological polar surface area (TPSA) is 15.3 Å². The predicted octanol–water partition coefficient (Wildman–Crippen LogP) is 4.00. The van der Waals surface area contributed by atoms with Crippen LogP contribution in [-0.4, -0.2) is 20.1 Å². The molecule has 2 aromatic rings. The van der Waals surface area contributed by atoms with Crippen molar-refractivity contribution in [2.45, 2.75) is 0 Å².